The standard InChI is InChI=1S/C10H20N2O4S/c13-6-3-10(1-2-10)9-11-17(14,15)12-4-7-16-8-5-12/h11,13H,1-9H2. The Kier molecular flexibility index (Phi) is 4.04. The second-order valence-electron chi connectivity index (χ2n) is 4.81. The Morgan fingerprint density at radius 3 is 2.47 bits per heavy atom. The second kappa shape index (κ2) is 5.19. The van der Waals surface area contributed by atoms with Crippen LogP contribution in [0.4, 0.5) is 0 Å². The number of hydrogen-bond acceptors (Lipinski definition) is 4. The third kappa shape index (κ3) is 3.38. The maximum Gasteiger partial charge on any atom is 0.279 e. The van der Waals surface area contributed by atoms with Gasteiger partial charge in [0.15, 0.2) is 0 Å². The smallest absolute Gasteiger partial charge is 0.279 e. The Labute approximate surface area is 102 Å². The molecule has 1 aliphatic heterocycles. The first-order valence-electron chi connectivity index (χ1n) is 6.01. The number of ether oxygens (including phenoxy) is 1. The summed E-state index contributed by atoms with van der Waals surface area (Å²) in [5.74, 6) is 0. The van der Waals surface area contributed by atoms with E-state index in [1.54, 1.807) is 0 Å². The van der Waals surface area contributed by atoms with E-state index in [9.17, 15) is 8.42 Å². The molecule has 0 aromatic carbocycles. The zero-order valence-electron chi connectivity index (χ0n) is 9.89. The van der Waals surface area contributed by atoms with Crippen LogP contribution in [0.2, 0.25) is 0 Å². The lowest BCUT2D eigenvalue weighted by Crippen LogP contribution is -2.47. The first-order chi connectivity index (χ1) is 8.08. The van der Waals surface area contributed by atoms with Crippen LogP contribution in [0.15, 0.2) is 0 Å². The number of hydrogen-bond donors (Lipinski definition) is 2. The molecule has 0 atom stereocenters. The van der Waals surface area contributed by atoms with Crippen LogP contribution < -0.4 is 4.72 Å². The van der Waals surface area contributed by atoms with Crippen molar-refractivity contribution in [2.45, 2.75) is 19.3 Å². The lowest BCUT2D eigenvalue weighted by molar-refractivity contribution is 0.0724. The summed E-state index contributed by atoms with van der Waals surface area (Å²) < 4.78 is 33.1. The molecule has 1 aliphatic carbocycles. The molecule has 1 saturated heterocycles. The zero-order valence-corrected chi connectivity index (χ0v) is 10.7. The van der Waals surface area contributed by atoms with E-state index in [-0.39, 0.29) is 12.0 Å². The molecule has 0 spiro atoms. The summed E-state index contributed by atoms with van der Waals surface area (Å²) in [4.78, 5) is 0. The normalized spacial score (nSPS) is 24.8. The molecule has 0 bridgehead atoms. The Bertz CT molecular complexity index is 347. The highest BCUT2D eigenvalue weighted by molar-refractivity contribution is 7.87. The highest BCUT2D eigenvalue weighted by Gasteiger charge is 2.42. The molecule has 2 rings (SSSR count). The molecule has 6 nitrogen and oxygen atoms in total. The van der Waals surface area contributed by atoms with Crippen LogP contribution in [0.1, 0.15) is 19.3 Å². The van der Waals surface area contributed by atoms with Crippen LogP contribution >= 0.6 is 0 Å². The van der Waals surface area contributed by atoms with Gasteiger partial charge in [-0.15, -0.1) is 0 Å². The van der Waals surface area contributed by atoms with E-state index in [1.807, 2.05) is 0 Å². The Hall–Kier alpha value is -0.210. The van der Waals surface area contributed by atoms with Crippen LogP contribution in [-0.4, -0.2) is 57.3 Å². The molecule has 7 heteroatoms. The zero-order chi connectivity index (χ0) is 12.4. The maximum atomic E-state index is 12.0. The van der Waals surface area contributed by atoms with Gasteiger partial charge in [0.2, 0.25) is 0 Å². The minimum absolute atomic E-state index is 0.00804. The van der Waals surface area contributed by atoms with Gasteiger partial charge in [-0.1, -0.05) is 0 Å². The van der Waals surface area contributed by atoms with E-state index < -0.39 is 10.2 Å². The molecular formula is C10H20N2O4S. The topological polar surface area (TPSA) is 78.9 Å². The average molecular weight is 264 g/mol. The van der Waals surface area contributed by atoms with Gasteiger partial charge in [-0.25, -0.2) is 4.72 Å². The van der Waals surface area contributed by atoms with Crippen molar-refractivity contribution >= 4 is 10.2 Å². The molecule has 2 N–H and O–H groups in total. The fraction of sp³-hybridized carbons (Fsp3) is 1.00. The van der Waals surface area contributed by atoms with Crippen LogP contribution in [0.25, 0.3) is 0 Å². The second-order valence-corrected chi connectivity index (χ2v) is 6.57. The highest BCUT2D eigenvalue weighted by Crippen LogP contribution is 2.48. The van der Waals surface area contributed by atoms with E-state index in [0.29, 0.717) is 39.3 Å². The summed E-state index contributed by atoms with van der Waals surface area (Å²) in [6.07, 6.45) is 2.68. The fourth-order valence-electron chi connectivity index (χ4n) is 2.05. The first kappa shape index (κ1) is 13.2. The van der Waals surface area contributed by atoms with Crippen molar-refractivity contribution in [3.05, 3.63) is 0 Å². The van der Waals surface area contributed by atoms with E-state index in [0.717, 1.165) is 12.8 Å². The third-order valence-electron chi connectivity index (χ3n) is 3.54. The number of morpholine rings is 1. The molecule has 2 aliphatic rings. The molecular weight excluding hydrogens is 244 g/mol. The molecule has 0 unspecified atom stereocenters. The van der Waals surface area contributed by atoms with Gasteiger partial charge in [-0.2, -0.15) is 12.7 Å². The third-order valence-corrected chi connectivity index (χ3v) is 5.09. The summed E-state index contributed by atoms with van der Waals surface area (Å²) in [5.41, 5.74) is 0.00804. The van der Waals surface area contributed by atoms with Crippen molar-refractivity contribution in [1.29, 1.82) is 0 Å². The molecule has 0 aromatic rings. The first-order valence-corrected chi connectivity index (χ1v) is 7.45. The van der Waals surface area contributed by atoms with Crippen LogP contribution in [0, 0.1) is 5.41 Å². The fourth-order valence-corrected chi connectivity index (χ4v) is 3.35. The quantitative estimate of drug-likeness (QED) is 0.666. The lowest BCUT2D eigenvalue weighted by atomic mass is 10.0. The molecule has 0 amide bonds. The predicted octanol–water partition coefficient (Wildman–Crippen LogP) is -0.684. The molecule has 1 saturated carbocycles. The van der Waals surface area contributed by atoms with Crippen molar-refractivity contribution in [3.8, 4) is 0 Å². The van der Waals surface area contributed by atoms with Crippen LogP contribution in [-0.2, 0) is 14.9 Å². The molecule has 100 valence electrons. The van der Waals surface area contributed by atoms with Crippen molar-refractivity contribution in [3.63, 3.8) is 0 Å². The molecule has 0 radical (unpaired) electrons. The Morgan fingerprint density at radius 1 is 1.29 bits per heavy atom. The van der Waals surface area contributed by atoms with Gasteiger partial charge in [0.1, 0.15) is 0 Å². The van der Waals surface area contributed by atoms with E-state index in [4.69, 9.17) is 9.84 Å². The van der Waals surface area contributed by atoms with Crippen molar-refractivity contribution in [2.75, 3.05) is 39.5 Å². The van der Waals surface area contributed by atoms with Crippen molar-refractivity contribution in [1.82, 2.24) is 9.03 Å². The van der Waals surface area contributed by atoms with Gasteiger partial charge in [0.05, 0.1) is 13.2 Å². The number of nitrogens with zero attached hydrogens (tertiary/aromatic N) is 1. The van der Waals surface area contributed by atoms with Gasteiger partial charge >= 0.3 is 0 Å². The Morgan fingerprint density at radius 2 is 1.94 bits per heavy atom. The predicted molar refractivity (Wildman–Crippen MR) is 62.7 cm³/mol. The maximum absolute atomic E-state index is 12.0. The number of aliphatic hydroxyl groups is 1. The number of aliphatic hydroxyl groups excluding tert-OH is 1. The summed E-state index contributed by atoms with van der Waals surface area (Å²) in [6, 6.07) is 0. The van der Waals surface area contributed by atoms with E-state index in [2.05, 4.69) is 4.72 Å². The molecule has 2 fully saturated rings. The summed E-state index contributed by atoms with van der Waals surface area (Å²) in [5, 5.41) is 8.92. The molecule has 0 aromatic heterocycles. The van der Waals surface area contributed by atoms with Gasteiger partial charge in [-0.05, 0) is 24.7 Å². The molecule has 17 heavy (non-hydrogen) atoms. The minimum Gasteiger partial charge on any atom is -0.396 e. The Balaban J connectivity index is 1.84. The summed E-state index contributed by atoms with van der Waals surface area (Å²) >= 11 is 0. The van der Waals surface area contributed by atoms with Crippen LogP contribution in [0.3, 0.4) is 0 Å². The van der Waals surface area contributed by atoms with Gasteiger partial charge < -0.3 is 9.84 Å². The number of rotatable bonds is 6. The number of nitrogens with one attached hydrogen (secondary N) is 1. The molecule has 1 heterocycles. The van der Waals surface area contributed by atoms with Crippen molar-refractivity contribution in [2.24, 2.45) is 5.41 Å². The van der Waals surface area contributed by atoms with Gasteiger partial charge in [0, 0.05) is 26.2 Å². The lowest BCUT2D eigenvalue weighted by Gasteiger charge is -2.27. The largest absolute Gasteiger partial charge is 0.396 e. The van der Waals surface area contributed by atoms with E-state index >= 15 is 0 Å². The SMILES string of the molecule is O=S(=O)(NCC1(CCO)CC1)N1CCOCC1. The van der Waals surface area contributed by atoms with Crippen molar-refractivity contribution < 1.29 is 18.3 Å². The summed E-state index contributed by atoms with van der Waals surface area (Å²) in [7, 11) is -3.37. The average Bonchev–Trinajstić information content (AvgIpc) is 3.09. The van der Waals surface area contributed by atoms with Crippen LogP contribution in [0.5, 0.6) is 0 Å². The summed E-state index contributed by atoms with van der Waals surface area (Å²) in [6.45, 7) is 2.32. The minimum atomic E-state index is -3.37. The van der Waals surface area contributed by atoms with E-state index in [1.165, 1.54) is 4.31 Å². The van der Waals surface area contributed by atoms with Gasteiger partial charge in [-0.3, -0.25) is 0 Å². The monoisotopic (exact) mass is 264 g/mol. The highest BCUT2D eigenvalue weighted by atomic mass is 32.2. The van der Waals surface area contributed by atoms with Gasteiger partial charge in [0.25, 0.3) is 10.2 Å².